The molecule has 0 bridgehead atoms. The number of esters is 1. The molecule has 0 fully saturated rings. The van der Waals surface area contributed by atoms with Crippen molar-refractivity contribution in [1.29, 1.82) is 0 Å². The second-order valence-corrected chi connectivity index (χ2v) is 4.45. The molecule has 0 heterocycles. The van der Waals surface area contributed by atoms with Crippen LogP contribution < -0.4 is 5.32 Å². The van der Waals surface area contributed by atoms with E-state index in [1.54, 1.807) is 0 Å². The van der Waals surface area contributed by atoms with E-state index in [2.05, 4.69) is 17.0 Å². The van der Waals surface area contributed by atoms with Crippen molar-refractivity contribution < 1.29 is 28.9 Å². The van der Waals surface area contributed by atoms with E-state index in [4.69, 9.17) is 9.47 Å². The number of hydrogen-bond acceptors (Lipinski definition) is 6. The zero-order valence-corrected chi connectivity index (χ0v) is 12.8. The molecule has 22 heavy (non-hydrogen) atoms. The Morgan fingerprint density at radius 3 is 2.64 bits per heavy atom. The summed E-state index contributed by atoms with van der Waals surface area (Å²) in [5.74, 6) is -0.941. The first-order valence-corrected chi connectivity index (χ1v) is 7.01. The molecule has 0 saturated heterocycles. The van der Waals surface area contributed by atoms with Gasteiger partial charge in [0.2, 0.25) is 0 Å². The molecule has 0 aliphatic rings. The van der Waals surface area contributed by atoms with Gasteiger partial charge in [0.05, 0.1) is 13.7 Å². The van der Waals surface area contributed by atoms with E-state index in [0.29, 0.717) is 18.9 Å². The molecule has 0 saturated carbocycles. The van der Waals surface area contributed by atoms with Gasteiger partial charge >= 0.3 is 12.1 Å². The second kappa shape index (κ2) is 9.62. The minimum atomic E-state index is -0.663. The number of phenolic OH excluding ortho intramolecular Hbond substituents is 1. The van der Waals surface area contributed by atoms with Gasteiger partial charge in [-0.2, -0.15) is 0 Å². The molecule has 0 aliphatic carbocycles. The molecule has 1 aromatic rings. The molecule has 0 aliphatic heterocycles. The summed E-state index contributed by atoms with van der Waals surface area (Å²) >= 11 is 0. The molecule has 0 unspecified atom stereocenters. The number of phenols is 1. The summed E-state index contributed by atoms with van der Waals surface area (Å²) in [5, 5.41) is 12.1. The largest absolute Gasteiger partial charge is 0.507 e. The van der Waals surface area contributed by atoms with Gasteiger partial charge in [-0.25, -0.2) is 9.59 Å². The van der Waals surface area contributed by atoms with Crippen molar-refractivity contribution in [2.75, 3.05) is 32.2 Å². The van der Waals surface area contributed by atoms with Crippen molar-refractivity contribution in [3.05, 3.63) is 23.8 Å². The van der Waals surface area contributed by atoms with Crippen LogP contribution in [-0.2, 0) is 14.2 Å². The molecule has 0 atom stereocenters. The molecule has 1 rings (SSSR count). The first-order chi connectivity index (χ1) is 10.6. The van der Waals surface area contributed by atoms with Gasteiger partial charge in [-0.15, -0.1) is 0 Å². The lowest BCUT2D eigenvalue weighted by Gasteiger charge is -2.09. The summed E-state index contributed by atoms with van der Waals surface area (Å²) in [6.07, 6.45) is 1.36. The number of aromatic hydroxyl groups is 1. The number of nitrogens with one attached hydrogen (secondary N) is 1. The summed E-state index contributed by atoms with van der Waals surface area (Å²) in [6, 6.07) is 4.06. The Morgan fingerprint density at radius 2 is 2.00 bits per heavy atom. The molecule has 2 N–H and O–H groups in total. The zero-order valence-electron chi connectivity index (χ0n) is 12.8. The Balaban J connectivity index is 2.38. The molecule has 122 valence electrons. The number of amides is 1. The maximum absolute atomic E-state index is 11.5. The van der Waals surface area contributed by atoms with Gasteiger partial charge in [0.1, 0.15) is 17.9 Å². The van der Waals surface area contributed by atoms with Crippen LogP contribution in [0.2, 0.25) is 0 Å². The quantitative estimate of drug-likeness (QED) is 0.566. The highest BCUT2D eigenvalue weighted by Crippen LogP contribution is 2.22. The summed E-state index contributed by atoms with van der Waals surface area (Å²) in [7, 11) is 1.22. The highest BCUT2D eigenvalue weighted by molar-refractivity contribution is 5.94. The van der Waals surface area contributed by atoms with Crippen molar-refractivity contribution in [2.24, 2.45) is 0 Å². The van der Waals surface area contributed by atoms with E-state index in [-0.39, 0.29) is 17.9 Å². The van der Waals surface area contributed by atoms with Crippen molar-refractivity contribution in [1.82, 2.24) is 0 Å². The van der Waals surface area contributed by atoms with Crippen molar-refractivity contribution in [3.63, 3.8) is 0 Å². The van der Waals surface area contributed by atoms with E-state index in [9.17, 15) is 14.7 Å². The van der Waals surface area contributed by atoms with Gasteiger partial charge in [-0.3, -0.25) is 5.32 Å². The molecule has 7 heteroatoms. The average Bonchev–Trinajstić information content (AvgIpc) is 2.50. The van der Waals surface area contributed by atoms with Crippen LogP contribution in [0, 0.1) is 0 Å². The summed E-state index contributed by atoms with van der Waals surface area (Å²) in [4.78, 5) is 22.8. The molecule has 1 aromatic carbocycles. The van der Waals surface area contributed by atoms with Crippen molar-refractivity contribution >= 4 is 17.7 Å². The first-order valence-electron chi connectivity index (χ1n) is 7.01. The van der Waals surface area contributed by atoms with E-state index < -0.39 is 12.1 Å². The highest BCUT2D eigenvalue weighted by atomic mass is 16.6. The number of methoxy groups -OCH3 is 1. The Kier molecular flexibility index (Phi) is 7.77. The van der Waals surface area contributed by atoms with Crippen LogP contribution in [0.5, 0.6) is 5.75 Å². The van der Waals surface area contributed by atoms with Crippen molar-refractivity contribution in [3.8, 4) is 5.75 Å². The third kappa shape index (κ3) is 6.01. The third-order valence-corrected chi connectivity index (χ3v) is 2.75. The first kappa shape index (κ1) is 17.8. The number of anilines is 1. The number of unbranched alkanes of at least 4 members (excludes halogenated alkanes) is 1. The van der Waals surface area contributed by atoms with Gasteiger partial charge in [0, 0.05) is 18.4 Å². The van der Waals surface area contributed by atoms with Gasteiger partial charge in [0.25, 0.3) is 0 Å². The maximum Gasteiger partial charge on any atom is 0.411 e. The van der Waals surface area contributed by atoms with Crippen LogP contribution in [-0.4, -0.2) is 44.1 Å². The second-order valence-electron chi connectivity index (χ2n) is 4.45. The zero-order chi connectivity index (χ0) is 16.4. The molecular formula is C15H21NO6. The number of carbonyl (C=O) groups excluding carboxylic acids is 2. The standard InChI is InChI=1S/C15H21NO6/c1-3-4-7-21-8-9-22-15(19)16-11-5-6-12(13(17)10-11)14(18)20-2/h5-6,10,17H,3-4,7-9H2,1-2H3,(H,16,19). The van der Waals surface area contributed by atoms with Crippen LogP contribution in [0.4, 0.5) is 10.5 Å². The Labute approximate surface area is 129 Å². The van der Waals surface area contributed by atoms with E-state index in [1.165, 1.54) is 25.3 Å². The summed E-state index contributed by atoms with van der Waals surface area (Å²) in [5.41, 5.74) is 0.327. The van der Waals surface area contributed by atoms with Gasteiger partial charge in [-0.05, 0) is 18.6 Å². The average molecular weight is 311 g/mol. The minimum Gasteiger partial charge on any atom is -0.507 e. The predicted molar refractivity (Wildman–Crippen MR) is 80.1 cm³/mol. The molecular weight excluding hydrogens is 290 g/mol. The molecule has 0 spiro atoms. The number of rotatable bonds is 8. The van der Waals surface area contributed by atoms with Crippen LogP contribution in [0.1, 0.15) is 30.1 Å². The molecule has 0 aromatic heterocycles. The van der Waals surface area contributed by atoms with Crippen molar-refractivity contribution in [2.45, 2.75) is 19.8 Å². The monoisotopic (exact) mass is 311 g/mol. The number of ether oxygens (including phenoxy) is 3. The fraction of sp³-hybridized carbons (Fsp3) is 0.467. The molecule has 1 amide bonds. The van der Waals surface area contributed by atoms with E-state index in [1.807, 2.05) is 0 Å². The van der Waals surface area contributed by atoms with Crippen LogP contribution in [0.3, 0.4) is 0 Å². The fourth-order valence-electron chi connectivity index (χ4n) is 1.59. The van der Waals surface area contributed by atoms with Crippen LogP contribution >= 0.6 is 0 Å². The minimum absolute atomic E-state index is 0.0192. The number of hydrogen-bond donors (Lipinski definition) is 2. The Hall–Kier alpha value is -2.28. The lowest BCUT2D eigenvalue weighted by Crippen LogP contribution is -2.17. The predicted octanol–water partition coefficient (Wildman–Crippen LogP) is 2.54. The Morgan fingerprint density at radius 1 is 1.23 bits per heavy atom. The normalized spacial score (nSPS) is 10.1. The summed E-state index contributed by atoms with van der Waals surface area (Å²) in [6.45, 7) is 3.18. The van der Waals surface area contributed by atoms with Gasteiger partial charge in [-0.1, -0.05) is 13.3 Å². The highest BCUT2D eigenvalue weighted by Gasteiger charge is 2.12. The molecule has 0 radical (unpaired) electrons. The fourth-order valence-corrected chi connectivity index (χ4v) is 1.59. The number of benzene rings is 1. The molecule has 7 nitrogen and oxygen atoms in total. The maximum atomic E-state index is 11.5. The topological polar surface area (TPSA) is 94.1 Å². The third-order valence-electron chi connectivity index (χ3n) is 2.75. The Bertz CT molecular complexity index is 503. The summed E-state index contributed by atoms with van der Waals surface area (Å²) < 4.78 is 14.7. The smallest absolute Gasteiger partial charge is 0.411 e. The van der Waals surface area contributed by atoms with Crippen LogP contribution in [0.25, 0.3) is 0 Å². The van der Waals surface area contributed by atoms with E-state index >= 15 is 0 Å². The van der Waals surface area contributed by atoms with Gasteiger partial charge in [0.15, 0.2) is 0 Å². The lowest BCUT2D eigenvalue weighted by atomic mass is 10.2. The SMILES string of the molecule is CCCCOCCOC(=O)Nc1ccc(C(=O)OC)c(O)c1. The number of carbonyl (C=O) groups is 2. The van der Waals surface area contributed by atoms with Crippen LogP contribution in [0.15, 0.2) is 18.2 Å². The van der Waals surface area contributed by atoms with E-state index in [0.717, 1.165) is 12.8 Å². The lowest BCUT2D eigenvalue weighted by molar-refractivity contribution is 0.0597. The van der Waals surface area contributed by atoms with Gasteiger partial charge < -0.3 is 19.3 Å².